The molecule has 2 aromatic rings. The van der Waals surface area contributed by atoms with Crippen LogP contribution in [0.25, 0.3) is 0 Å². The van der Waals surface area contributed by atoms with E-state index in [1.54, 1.807) is 17.3 Å². The monoisotopic (exact) mass is 324 g/mol. The largest absolute Gasteiger partial charge is 0.417 e. The summed E-state index contributed by atoms with van der Waals surface area (Å²) in [6.45, 7) is 2.07. The van der Waals surface area contributed by atoms with Crippen LogP contribution in [0.4, 0.5) is 13.2 Å². The van der Waals surface area contributed by atoms with Gasteiger partial charge in [-0.1, -0.05) is 18.2 Å². The molecule has 0 aliphatic carbocycles. The molecule has 0 radical (unpaired) electrons. The van der Waals surface area contributed by atoms with E-state index >= 15 is 0 Å². The lowest BCUT2D eigenvalue weighted by Crippen LogP contribution is -2.34. The van der Waals surface area contributed by atoms with E-state index in [9.17, 15) is 13.2 Å². The molecule has 1 aliphatic heterocycles. The van der Waals surface area contributed by atoms with E-state index in [2.05, 4.69) is 10.1 Å². The fourth-order valence-corrected chi connectivity index (χ4v) is 2.34. The van der Waals surface area contributed by atoms with Crippen molar-refractivity contribution in [3.63, 3.8) is 0 Å². The zero-order chi connectivity index (χ0) is 16.3. The van der Waals surface area contributed by atoms with Crippen molar-refractivity contribution in [2.24, 2.45) is 5.10 Å². The molecule has 0 bridgehead atoms. The second-order valence-electron chi connectivity index (χ2n) is 5.00. The molecule has 0 N–H and O–H groups in total. The molecule has 1 aliphatic rings. The summed E-state index contributed by atoms with van der Waals surface area (Å²) < 4.78 is 46.7. The highest BCUT2D eigenvalue weighted by Gasteiger charge is 2.34. The van der Waals surface area contributed by atoms with Crippen LogP contribution in [0.3, 0.4) is 0 Å². The van der Waals surface area contributed by atoms with Gasteiger partial charge in [-0.3, -0.25) is 9.58 Å². The van der Waals surface area contributed by atoms with E-state index in [1.165, 1.54) is 29.2 Å². The lowest BCUT2D eigenvalue weighted by atomic mass is 10.1. The van der Waals surface area contributed by atoms with E-state index in [0.29, 0.717) is 26.3 Å². The molecule has 23 heavy (non-hydrogen) atoms. The molecule has 1 aromatic heterocycles. The summed E-state index contributed by atoms with van der Waals surface area (Å²) in [4.78, 5) is 3.91. The van der Waals surface area contributed by atoms with Crippen LogP contribution < -0.4 is 0 Å². The molecule has 1 saturated heterocycles. The van der Waals surface area contributed by atoms with Gasteiger partial charge in [-0.2, -0.15) is 18.3 Å². The van der Waals surface area contributed by atoms with Gasteiger partial charge >= 0.3 is 6.18 Å². The number of halogens is 3. The van der Waals surface area contributed by atoms with E-state index in [-0.39, 0.29) is 11.4 Å². The normalized spacial score (nSPS) is 16.7. The molecule has 1 fully saturated rings. The maximum absolute atomic E-state index is 13.3. The van der Waals surface area contributed by atoms with Crippen LogP contribution in [0.15, 0.2) is 48.1 Å². The number of benzene rings is 1. The van der Waals surface area contributed by atoms with Gasteiger partial charge in [0.2, 0.25) is 0 Å². The molecule has 3 rings (SSSR count). The first kappa shape index (κ1) is 15.5. The number of ether oxygens (including phenoxy) is 1. The van der Waals surface area contributed by atoms with E-state index in [4.69, 9.17) is 4.74 Å². The molecule has 0 spiro atoms. The smallest absolute Gasteiger partial charge is 0.378 e. The second-order valence-corrected chi connectivity index (χ2v) is 5.00. The van der Waals surface area contributed by atoms with Crippen LogP contribution in [-0.4, -0.2) is 46.7 Å². The van der Waals surface area contributed by atoms with Crippen molar-refractivity contribution in [1.29, 1.82) is 0 Å². The number of hydrogen-bond acceptors (Lipinski definition) is 4. The van der Waals surface area contributed by atoms with Crippen molar-refractivity contribution >= 4 is 5.84 Å². The fourth-order valence-electron chi connectivity index (χ4n) is 2.34. The molecular formula is C15H15F3N4O. The van der Waals surface area contributed by atoms with E-state index in [0.717, 1.165) is 6.07 Å². The topological polar surface area (TPSA) is 42.6 Å². The van der Waals surface area contributed by atoms with Crippen molar-refractivity contribution in [2.45, 2.75) is 6.18 Å². The SMILES string of the molecule is FC(F)(F)c1ccccc1/C(=N\N1CCOCC1)n1ccnc1. The number of rotatable bonds is 2. The third-order valence-corrected chi connectivity index (χ3v) is 3.45. The number of nitrogens with zero attached hydrogens (tertiary/aromatic N) is 4. The van der Waals surface area contributed by atoms with Crippen LogP contribution in [0.5, 0.6) is 0 Å². The maximum Gasteiger partial charge on any atom is 0.417 e. The number of morpholine rings is 1. The Morgan fingerprint density at radius 2 is 1.91 bits per heavy atom. The molecule has 0 saturated carbocycles. The Kier molecular flexibility index (Phi) is 4.33. The predicted octanol–water partition coefficient (Wildman–Crippen LogP) is 2.44. The van der Waals surface area contributed by atoms with Crippen LogP contribution >= 0.6 is 0 Å². The van der Waals surface area contributed by atoms with Gasteiger partial charge in [-0.05, 0) is 6.07 Å². The summed E-state index contributed by atoms with van der Waals surface area (Å²) in [5, 5.41) is 6.13. The molecule has 1 aromatic carbocycles. The molecular weight excluding hydrogens is 309 g/mol. The number of hydrazone groups is 1. The van der Waals surface area contributed by atoms with Crippen molar-refractivity contribution in [3.05, 3.63) is 54.1 Å². The maximum atomic E-state index is 13.3. The summed E-state index contributed by atoms with van der Waals surface area (Å²) in [5.74, 6) is 0.192. The number of alkyl halides is 3. The van der Waals surface area contributed by atoms with Gasteiger partial charge in [0.05, 0.1) is 31.9 Å². The third kappa shape index (κ3) is 3.53. The molecule has 122 valence electrons. The molecule has 8 heteroatoms. The lowest BCUT2D eigenvalue weighted by Gasteiger charge is -2.25. The van der Waals surface area contributed by atoms with Gasteiger partial charge in [-0.15, -0.1) is 0 Å². The Balaban J connectivity index is 2.08. The average Bonchev–Trinajstić information content (AvgIpc) is 3.07. The van der Waals surface area contributed by atoms with E-state index < -0.39 is 11.7 Å². The van der Waals surface area contributed by atoms with Crippen LogP contribution in [0.2, 0.25) is 0 Å². The highest BCUT2D eigenvalue weighted by molar-refractivity contribution is 6.01. The van der Waals surface area contributed by atoms with Gasteiger partial charge < -0.3 is 4.74 Å². The fraction of sp³-hybridized carbons (Fsp3) is 0.333. The van der Waals surface area contributed by atoms with Gasteiger partial charge in [-0.25, -0.2) is 4.98 Å². The summed E-state index contributed by atoms with van der Waals surface area (Å²) >= 11 is 0. The first-order valence-electron chi connectivity index (χ1n) is 7.12. The summed E-state index contributed by atoms with van der Waals surface area (Å²) in [7, 11) is 0. The quantitative estimate of drug-likeness (QED) is 0.629. The Bertz CT molecular complexity index is 676. The van der Waals surface area contributed by atoms with Crippen molar-refractivity contribution in [1.82, 2.24) is 14.6 Å². The molecule has 2 heterocycles. The zero-order valence-corrected chi connectivity index (χ0v) is 12.2. The van der Waals surface area contributed by atoms with Gasteiger partial charge in [0, 0.05) is 18.0 Å². The molecule has 0 amide bonds. The van der Waals surface area contributed by atoms with Crippen LogP contribution in [0.1, 0.15) is 11.1 Å². The van der Waals surface area contributed by atoms with Crippen molar-refractivity contribution < 1.29 is 17.9 Å². The van der Waals surface area contributed by atoms with Crippen LogP contribution in [-0.2, 0) is 10.9 Å². The summed E-state index contributed by atoms with van der Waals surface area (Å²) in [5.41, 5.74) is -0.704. The Labute approximate surface area is 131 Å². The number of aromatic nitrogens is 2. The Morgan fingerprint density at radius 1 is 1.17 bits per heavy atom. The predicted molar refractivity (Wildman–Crippen MR) is 78.0 cm³/mol. The highest BCUT2D eigenvalue weighted by atomic mass is 19.4. The minimum Gasteiger partial charge on any atom is -0.378 e. The first-order chi connectivity index (χ1) is 11.1. The highest BCUT2D eigenvalue weighted by Crippen LogP contribution is 2.32. The Hall–Kier alpha value is -2.35. The minimum absolute atomic E-state index is 0.0180. The summed E-state index contributed by atoms with van der Waals surface area (Å²) in [6, 6.07) is 5.41. The lowest BCUT2D eigenvalue weighted by molar-refractivity contribution is -0.137. The van der Waals surface area contributed by atoms with Gasteiger partial charge in [0.15, 0.2) is 5.84 Å². The van der Waals surface area contributed by atoms with Gasteiger partial charge in [0.25, 0.3) is 0 Å². The second kappa shape index (κ2) is 6.41. The Morgan fingerprint density at radius 3 is 2.57 bits per heavy atom. The average molecular weight is 324 g/mol. The number of imidazole rings is 1. The van der Waals surface area contributed by atoms with Crippen LogP contribution in [0, 0.1) is 0 Å². The van der Waals surface area contributed by atoms with Crippen molar-refractivity contribution in [3.8, 4) is 0 Å². The zero-order valence-electron chi connectivity index (χ0n) is 12.2. The summed E-state index contributed by atoms with van der Waals surface area (Å²) in [6.07, 6.45) is 0.0624. The molecule has 5 nitrogen and oxygen atoms in total. The van der Waals surface area contributed by atoms with Gasteiger partial charge in [0.1, 0.15) is 6.33 Å². The third-order valence-electron chi connectivity index (χ3n) is 3.45. The number of hydrogen-bond donors (Lipinski definition) is 0. The van der Waals surface area contributed by atoms with E-state index in [1.807, 2.05) is 0 Å². The first-order valence-corrected chi connectivity index (χ1v) is 7.12. The minimum atomic E-state index is -4.46. The molecule has 0 atom stereocenters. The standard InChI is InChI=1S/C15H15F3N4O/c16-15(17,18)13-4-2-1-3-12(13)14(21-6-5-19-11-21)20-22-7-9-23-10-8-22/h1-6,11H,7-10H2/b20-14+. The van der Waals surface area contributed by atoms with Crippen molar-refractivity contribution in [2.75, 3.05) is 26.3 Å². The molecule has 0 unspecified atom stereocenters.